The lowest BCUT2D eigenvalue weighted by Crippen LogP contribution is -2.49. The first-order chi connectivity index (χ1) is 15.0. The molecule has 1 fully saturated rings. The second-order valence-corrected chi connectivity index (χ2v) is 7.19. The van der Waals surface area contributed by atoms with Crippen LogP contribution in [0, 0.1) is 0 Å². The number of benzene rings is 2. The van der Waals surface area contributed by atoms with E-state index >= 15 is 0 Å². The Labute approximate surface area is 180 Å². The Morgan fingerprint density at radius 3 is 2.26 bits per heavy atom. The summed E-state index contributed by atoms with van der Waals surface area (Å²) >= 11 is 0. The molecule has 0 aromatic heterocycles. The van der Waals surface area contributed by atoms with E-state index < -0.39 is 12.1 Å². The van der Waals surface area contributed by atoms with E-state index in [4.69, 9.17) is 9.47 Å². The van der Waals surface area contributed by atoms with Gasteiger partial charge in [0.2, 0.25) is 5.91 Å². The molecule has 3 rings (SSSR count). The fourth-order valence-corrected chi connectivity index (χ4v) is 3.08. The Morgan fingerprint density at radius 2 is 1.61 bits per heavy atom. The van der Waals surface area contributed by atoms with E-state index in [2.05, 4.69) is 15.4 Å². The number of nitrogens with one attached hydrogen (secondary N) is 2. The molecule has 1 aliphatic rings. The molecule has 0 aliphatic carbocycles. The number of esters is 1. The molecule has 0 bridgehead atoms. The zero-order chi connectivity index (χ0) is 22.1. The van der Waals surface area contributed by atoms with Gasteiger partial charge in [0.1, 0.15) is 18.8 Å². The Balaban J connectivity index is 1.52. The molecule has 31 heavy (non-hydrogen) atoms. The Morgan fingerprint density at radius 1 is 0.968 bits per heavy atom. The van der Waals surface area contributed by atoms with Crippen LogP contribution in [0.25, 0.3) is 0 Å². The Bertz CT molecular complexity index is 874. The van der Waals surface area contributed by atoms with Gasteiger partial charge < -0.3 is 24.8 Å². The molecule has 0 radical (unpaired) electrons. The van der Waals surface area contributed by atoms with Gasteiger partial charge in [-0.1, -0.05) is 60.7 Å². The van der Waals surface area contributed by atoms with E-state index in [1.807, 2.05) is 60.7 Å². The second kappa shape index (κ2) is 11.1. The van der Waals surface area contributed by atoms with Crippen LogP contribution in [0.1, 0.15) is 17.5 Å². The second-order valence-electron chi connectivity index (χ2n) is 7.19. The molecular formula is C23H26N2O6. The number of hydrogen-bond acceptors (Lipinski definition) is 6. The number of carbonyl (C=O) groups is 3. The summed E-state index contributed by atoms with van der Waals surface area (Å²) < 4.78 is 15.2. The number of carbonyl (C=O) groups excluding carboxylic acids is 3. The molecule has 164 valence electrons. The van der Waals surface area contributed by atoms with Crippen molar-refractivity contribution < 1.29 is 28.6 Å². The van der Waals surface area contributed by atoms with Crippen LogP contribution in [0.15, 0.2) is 60.7 Å². The zero-order valence-electron chi connectivity index (χ0n) is 17.3. The molecule has 1 heterocycles. The third kappa shape index (κ3) is 7.42. The summed E-state index contributed by atoms with van der Waals surface area (Å²) in [5.41, 5.74) is 1.75. The number of rotatable bonds is 10. The molecule has 2 unspecified atom stereocenters. The van der Waals surface area contributed by atoms with Crippen LogP contribution < -0.4 is 10.6 Å². The molecular weight excluding hydrogens is 400 g/mol. The molecule has 2 aromatic carbocycles. The van der Waals surface area contributed by atoms with Crippen molar-refractivity contribution in [1.82, 2.24) is 10.6 Å². The predicted octanol–water partition coefficient (Wildman–Crippen LogP) is 1.97. The molecule has 1 aliphatic heterocycles. The monoisotopic (exact) mass is 426 g/mol. The van der Waals surface area contributed by atoms with Crippen LogP contribution in [0.5, 0.6) is 0 Å². The first-order valence-electron chi connectivity index (χ1n) is 10.1. The molecule has 0 saturated carbocycles. The van der Waals surface area contributed by atoms with Crippen LogP contribution in [-0.4, -0.2) is 49.9 Å². The van der Waals surface area contributed by atoms with Crippen LogP contribution in [-0.2, 0) is 36.8 Å². The van der Waals surface area contributed by atoms with Crippen molar-refractivity contribution in [3.63, 3.8) is 0 Å². The van der Waals surface area contributed by atoms with Gasteiger partial charge in [-0.2, -0.15) is 0 Å². The summed E-state index contributed by atoms with van der Waals surface area (Å²) in [6, 6.07) is 17.9. The van der Waals surface area contributed by atoms with Gasteiger partial charge in [-0.15, -0.1) is 0 Å². The molecule has 1 saturated heterocycles. The van der Waals surface area contributed by atoms with Gasteiger partial charge in [0, 0.05) is 13.0 Å². The van der Waals surface area contributed by atoms with Gasteiger partial charge >= 0.3 is 12.1 Å². The van der Waals surface area contributed by atoms with Crippen molar-refractivity contribution >= 4 is 18.0 Å². The van der Waals surface area contributed by atoms with Crippen molar-refractivity contribution in [3.8, 4) is 0 Å². The molecule has 2 amide bonds. The van der Waals surface area contributed by atoms with Gasteiger partial charge in [-0.3, -0.25) is 9.59 Å². The van der Waals surface area contributed by atoms with Gasteiger partial charge in [0.15, 0.2) is 0 Å². The maximum Gasteiger partial charge on any atom is 0.408 e. The summed E-state index contributed by atoms with van der Waals surface area (Å²) in [5, 5.41) is 5.42. The third-order valence-electron chi connectivity index (χ3n) is 4.86. The summed E-state index contributed by atoms with van der Waals surface area (Å²) in [6.45, 7) is 0.351. The van der Waals surface area contributed by atoms with Gasteiger partial charge in [-0.25, -0.2) is 4.79 Å². The number of hydrogen-bond donors (Lipinski definition) is 2. The molecule has 8 nitrogen and oxygen atoms in total. The minimum absolute atomic E-state index is 0.109. The fraction of sp³-hybridized carbons (Fsp3) is 0.348. The van der Waals surface area contributed by atoms with Crippen LogP contribution >= 0.6 is 0 Å². The molecule has 8 heteroatoms. The van der Waals surface area contributed by atoms with Gasteiger partial charge in [-0.05, 0) is 11.1 Å². The number of amides is 2. The molecule has 3 atom stereocenters. The topological polar surface area (TPSA) is 106 Å². The van der Waals surface area contributed by atoms with E-state index in [9.17, 15) is 14.4 Å². The minimum atomic E-state index is -0.816. The Hall–Kier alpha value is -3.39. The highest BCUT2D eigenvalue weighted by Gasteiger charge is 2.41. The number of methoxy groups -OCH3 is 1. The number of ether oxygens (including phenoxy) is 3. The lowest BCUT2D eigenvalue weighted by atomic mass is 10.1. The van der Waals surface area contributed by atoms with Crippen molar-refractivity contribution in [2.75, 3.05) is 13.7 Å². The summed E-state index contributed by atoms with van der Waals surface area (Å²) in [6.07, 6.45) is -0.723. The van der Waals surface area contributed by atoms with Crippen molar-refractivity contribution in [1.29, 1.82) is 0 Å². The van der Waals surface area contributed by atoms with Gasteiger partial charge in [0.05, 0.1) is 19.6 Å². The molecule has 2 N–H and O–H groups in total. The minimum Gasteiger partial charge on any atom is -0.469 e. The maximum absolute atomic E-state index is 12.7. The number of epoxide rings is 1. The highest BCUT2D eigenvalue weighted by molar-refractivity contribution is 5.86. The van der Waals surface area contributed by atoms with Crippen molar-refractivity contribution in [2.45, 2.75) is 37.7 Å². The quantitative estimate of drug-likeness (QED) is 0.444. The van der Waals surface area contributed by atoms with E-state index in [0.29, 0.717) is 6.42 Å². The smallest absolute Gasteiger partial charge is 0.408 e. The Kier molecular flexibility index (Phi) is 8.00. The highest BCUT2D eigenvalue weighted by Crippen LogP contribution is 2.24. The van der Waals surface area contributed by atoms with E-state index in [1.54, 1.807) is 0 Å². The summed E-state index contributed by atoms with van der Waals surface area (Å²) in [4.78, 5) is 36.3. The van der Waals surface area contributed by atoms with E-state index in [0.717, 1.165) is 11.1 Å². The lowest BCUT2D eigenvalue weighted by molar-refractivity contribution is -0.141. The normalized spacial score (nSPS) is 17.8. The summed E-state index contributed by atoms with van der Waals surface area (Å²) in [5.74, 6) is -0.712. The predicted molar refractivity (Wildman–Crippen MR) is 112 cm³/mol. The van der Waals surface area contributed by atoms with Crippen LogP contribution in [0.4, 0.5) is 4.79 Å². The standard InChI is InChI=1S/C23H26N2O6/c1-29-21(26)13-19-20(31-19)14-24-22(27)18(12-16-8-4-2-5-9-16)25-23(28)30-15-17-10-6-3-7-11-17/h2-11,18-20H,12-15H2,1H3,(H,24,27)(H,25,28)/t18-,19?,20?/m0/s1. The van der Waals surface area contributed by atoms with Crippen LogP contribution in [0.3, 0.4) is 0 Å². The molecule has 0 spiro atoms. The maximum atomic E-state index is 12.7. The first-order valence-corrected chi connectivity index (χ1v) is 10.1. The highest BCUT2D eigenvalue weighted by atomic mass is 16.6. The molecule has 2 aromatic rings. The number of alkyl carbamates (subject to hydrolysis) is 1. The van der Waals surface area contributed by atoms with E-state index in [1.165, 1.54) is 7.11 Å². The zero-order valence-corrected chi connectivity index (χ0v) is 17.3. The average molecular weight is 426 g/mol. The third-order valence-corrected chi connectivity index (χ3v) is 4.86. The lowest BCUT2D eigenvalue weighted by Gasteiger charge is -2.18. The van der Waals surface area contributed by atoms with Crippen molar-refractivity contribution in [2.24, 2.45) is 0 Å². The first kappa shape index (κ1) is 22.3. The average Bonchev–Trinajstić information content (AvgIpc) is 3.54. The fourth-order valence-electron chi connectivity index (χ4n) is 3.08. The van der Waals surface area contributed by atoms with E-state index in [-0.39, 0.29) is 43.7 Å². The largest absolute Gasteiger partial charge is 0.469 e. The van der Waals surface area contributed by atoms with Gasteiger partial charge in [0.25, 0.3) is 0 Å². The van der Waals surface area contributed by atoms with Crippen molar-refractivity contribution in [3.05, 3.63) is 71.8 Å². The summed E-state index contributed by atoms with van der Waals surface area (Å²) in [7, 11) is 1.32. The SMILES string of the molecule is COC(=O)CC1OC1CNC(=O)[C@H](Cc1ccccc1)NC(=O)OCc1ccccc1. The van der Waals surface area contributed by atoms with Crippen LogP contribution in [0.2, 0.25) is 0 Å².